The Balaban J connectivity index is 2.15. The molecule has 128 valence electrons. The summed E-state index contributed by atoms with van der Waals surface area (Å²) in [6.07, 6.45) is 0.948. The van der Waals surface area contributed by atoms with E-state index in [9.17, 15) is 18.4 Å². The predicted octanol–water partition coefficient (Wildman–Crippen LogP) is 3.10. The van der Waals surface area contributed by atoms with Crippen LogP contribution in [0.15, 0.2) is 41.3 Å². The van der Waals surface area contributed by atoms with Gasteiger partial charge in [-0.05, 0) is 29.3 Å². The highest BCUT2D eigenvalue weighted by atomic mass is 19.1. The van der Waals surface area contributed by atoms with Crippen molar-refractivity contribution < 1.29 is 23.4 Å². The molecule has 0 saturated carbocycles. The van der Waals surface area contributed by atoms with Crippen molar-refractivity contribution >= 4 is 16.9 Å². The number of ether oxygens (including phenoxy) is 1. The first-order valence-electron chi connectivity index (χ1n) is 7.31. The largest absolute Gasteiger partial charge is 0.497 e. The molecule has 0 spiro atoms. The fourth-order valence-corrected chi connectivity index (χ4v) is 2.67. The number of hydrogen-bond donors (Lipinski definition) is 2. The number of hydrogen-bond acceptors (Lipinski definition) is 3. The van der Waals surface area contributed by atoms with Crippen LogP contribution >= 0.6 is 0 Å². The molecule has 0 amide bonds. The zero-order valence-corrected chi connectivity index (χ0v) is 13.1. The van der Waals surface area contributed by atoms with Crippen LogP contribution < -0.4 is 10.2 Å². The molecule has 0 unspecified atom stereocenters. The van der Waals surface area contributed by atoms with Gasteiger partial charge in [-0.3, -0.25) is 4.79 Å². The predicted molar refractivity (Wildman–Crippen MR) is 87.2 cm³/mol. The van der Waals surface area contributed by atoms with Gasteiger partial charge >= 0.3 is 5.97 Å². The third-order valence-corrected chi connectivity index (χ3v) is 3.88. The summed E-state index contributed by atoms with van der Waals surface area (Å²) in [5.41, 5.74) is -1.33. The van der Waals surface area contributed by atoms with E-state index in [1.807, 2.05) is 0 Å². The normalized spacial score (nSPS) is 10.8. The van der Waals surface area contributed by atoms with Gasteiger partial charge in [0.05, 0.1) is 18.0 Å². The van der Waals surface area contributed by atoms with Crippen LogP contribution in [0.5, 0.6) is 5.75 Å². The van der Waals surface area contributed by atoms with Crippen molar-refractivity contribution in [1.82, 2.24) is 4.98 Å². The summed E-state index contributed by atoms with van der Waals surface area (Å²) < 4.78 is 34.2. The lowest BCUT2D eigenvalue weighted by atomic mass is 10.0. The number of nitrogens with one attached hydrogen (secondary N) is 1. The second kappa shape index (κ2) is 6.35. The Bertz CT molecular complexity index is 1040. The molecule has 0 atom stereocenters. The Kier molecular flexibility index (Phi) is 4.22. The van der Waals surface area contributed by atoms with Crippen molar-refractivity contribution in [2.75, 3.05) is 7.11 Å². The Morgan fingerprint density at radius 2 is 2.04 bits per heavy atom. The number of halogens is 2. The van der Waals surface area contributed by atoms with E-state index in [0.717, 1.165) is 12.3 Å². The number of pyridine rings is 1. The Hall–Kier alpha value is -3.22. The summed E-state index contributed by atoms with van der Waals surface area (Å²) in [5.74, 6) is -2.70. The van der Waals surface area contributed by atoms with Crippen molar-refractivity contribution in [3.05, 3.63) is 75.1 Å². The van der Waals surface area contributed by atoms with Crippen LogP contribution in [0.1, 0.15) is 21.5 Å². The minimum Gasteiger partial charge on any atom is -0.497 e. The summed E-state index contributed by atoms with van der Waals surface area (Å²) in [6.45, 7) is 0. The zero-order chi connectivity index (χ0) is 18.1. The molecule has 0 bridgehead atoms. The third-order valence-electron chi connectivity index (χ3n) is 3.88. The number of carboxylic acid groups (broad SMARTS) is 1. The highest BCUT2D eigenvalue weighted by Gasteiger charge is 2.19. The molecule has 7 heteroatoms. The van der Waals surface area contributed by atoms with E-state index in [0.29, 0.717) is 11.3 Å². The van der Waals surface area contributed by atoms with E-state index in [-0.39, 0.29) is 17.5 Å². The van der Waals surface area contributed by atoms with Crippen molar-refractivity contribution in [2.24, 2.45) is 0 Å². The lowest BCUT2D eigenvalue weighted by Gasteiger charge is -2.09. The summed E-state index contributed by atoms with van der Waals surface area (Å²) in [5, 5.41) is 8.33. The van der Waals surface area contributed by atoms with Crippen LogP contribution in [0.25, 0.3) is 10.9 Å². The Morgan fingerprint density at radius 1 is 1.28 bits per heavy atom. The second-order valence-electron chi connectivity index (χ2n) is 5.45. The number of methoxy groups -OCH3 is 1. The number of H-pyrrole nitrogens is 1. The van der Waals surface area contributed by atoms with Gasteiger partial charge in [-0.15, -0.1) is 0 Å². The number of aromatic nitrogens is 1. The molecule has 1 heterocycles. The van der Waals surface area contributed by atoms with Gasteiger partial charge in [0.1, 0.15) is 17.1 Å². The van der Waals surface area contributed by atoms with Crippen molar-refractivity contribution in [3.8, 4) is 5.75 Å². The van der Waals surface area contributed by atoms with E-state index in [2.05, 4.69) is 4.98 Å². The first-order chi connectivity index (χ1) is 11.9. The lowest BCUT2D eigenvalue weighted by Crippen LogP contribution is -2.17. The number of aromatic amines is 1. The topological polar surface area (TPSA) is 79.4 Å². The van der Waals surface area contributed by atoms with Crippen LogP contribution in [-0.2, 0) is 6.42 Å². The maximum atomic E-state index is 14.7. The molecule has 0 saturated heterocycles. The van der Waals surface area contributed by atoms with Crippen LogP contribution in [0.4, 0.5) is 8.78 Å². The first-order valence-corrected chi connectivity index (χ1v) is 7.31. The van der Waals surface area contributed by atoms with Gasteiger partial charge in [-0.1, -0.05) is 12.1 Å². The van der Waals surface area contributed by atoms with Crippen molar-refractivity contribution in [1.29, 1.82) is 0 Å². The number of fused-ring (bicyclic) bond motifs is 1. The minimum absolute atomic E-state index is 0.0389. The average Bonchev–Trinajstić information content (AvgIpc) is 2.59. The average molecular weight is 345 g/mol. The van der Waals surface area contributed by atoms with E-state index in [1.165, 1.54) is 7.11 Å². The number of aromatic carboxylic acids is 1. The Labute approximate surface area is 140 Å². The van der Waals surface area contributed by atoms with Gasteiger partial charge in [0.2, 0.25) is 5.43 Å². The first kappa shape index (κ1) is 16.6. The molecular weight excluding hydrogens is 332 g/mol. The highest BCUT2D eigenvalue weighted by molar-refractivity contribution is 5.92. The molecule has 1 aromatic heterocycles. The van der Waals surface area contributed by atoms with Crippen LogP contribution in [-0.4, -0.2) is 23.2 Å². The molecule has 2 aromatic carbocycles. The van der Waals surface area contributed by atoms with Crippen LogP contribution in [0.3, 0.4) is 0 Å². The molecule has 0 radical (unpaired) electrons. The monoisotopic (exact) mass is 345 g/mol. The molecule has 25 heavy (non-hydrogen) atoms. The molecule has 5 nitrogen and oxygen atoms in total. The van der Waals surface area contributed by atoms with E-state index < -0.39 is 34.0 Å². The summed E-state index contributed by atoms with van der Waals surface area (Å²) in [7, 11) is 1.50. The molecule has 3 rings (SSSR count). The van der Waals surface area contributed by atoms with Gasteiger partial charge in [0, 0.05) is 12.6 Å². The molecule has 0 aliphatic heterocycles. The van der Waals surface area contributed by atoms with E-state index in [1.54, 1.807) is 24.3 Å². The number of benzene rings is 2. The smallest absolute Gasteiger partial charge is 0.341 e. The number of rotatable bonds is 4. The van der Waals surface area contributed by atoms with E-state index >= 15 is 0 Å². The summed E-state index contributed by atoms with van der Waals surface area (Å²) >= 11 is 0. The van der Waals surface area contributed by atoms with Gasteiger partial charge in [-0.2, -0.15) is 0 Å². The fraction of sp³-hybridized carbons (Fsp3) is 0.111. The molecule has 0 aliphatic carbocycles. The maximum Gasteiger partial charge on any atom is 0.341 e. The summed E-state index contributed by atoms with van der Waals surface area (Å²) in [6, 6.07) is 7.80. The zero-order valence-electron chi connectivity index (χ0n) is 13.1. The maximum absolute atomic E-state index is 14.7. The molecule has 3 aromatic rings. The standard InChI is InChI=1S/C18H13F2NO4/c1-25-11-4-2-3-9(6-11)5-10-7-13(19)14-16(15(10)20)21-8-12(17(14)22)18(23)24/h2-4,6-8H,5H2,1H3,(H,21,22)(H,23,24). The van der Waals surface area contributed by atoms with Gasteiger partial charge in [0.15, 0.2) is 5.82 Å². The SMILES string of the molecule is COc1cccc(Cc2cc(F)c3c(=O)c(C(=O)O)c[nH]c3c2F)c1. The third kappa shape index (κ3) is 2.96. The van der Waals surface area contributed by atoms with Gasteiger partial charge in [-0.25, -0.2) is 13.6 Å². The Morgan fingerprint density at radius 3 is 2.72 bits per heavy atom. The van der Waals surface area contributed by atoms with Gasteiger partial charge < -0.3 is 14.8 Å². The summed E-state index contributed by atoms with van der Waals surface area (Å²) in [4.78, 5) is 25.4. The minimum atomic E-state index is -1.51. The van der Waals surface area contributed by atoms with Crippen LogP contribution in [0, 0.1) is 11.6 Å². The van der Waals surface area contributed by atoms with E-state index in [4.69, 9.17) is 9.84 Å². The van der Waals surface area contributed by atoms with Crippen molar-refractivity contribution in [2.45, 2.75) is 6.42 Å². The number of carbonyl (C=O) groups is 1. The molecular formula is C18H13F2NO4. The molecule has 2 N–H and O–H groups in total. The molecule has 0 aliphatic rings. The van der Waals surface area contributed by atoms with Gasteiger partial charge in [0.25, 0.3) is 0 Å². The number of carboxylic acids is 1. The van der Waals surface area contributed by atoms with Crippen molar-refractivity contribution in [3.63, 3.8) is 0 Å². The fourth-order valence-electron chi connectivity index (χ4n) is 2.67. The highest BCUT2D eigenvalue weighted by Crippen LogP contribution is 2.24. The quantitative estimate of drug-likeness (QED) is 0.761. The molecule has 0 fully saturated rings. The lowest BCUT2D eigenvalue weighted by molar-refractivity contribution is 0.0695. The second-order valence-corrected chi connectivity index (χ2v) is 5.45. The van der Waals surface area contributed by atoms with Crippen LogP contribution in [0.2, 0.25) is 0 Å².